The van der Waals surface area contributed by atoms with Crippen LogP contribution in [0.3, 0.4) is 0 Å². The minimum Gasteiger partial charge on any atom is -0.337 e. The summed E-state index contributed by atoms with van der Waals surface area (Å²) in [6.07, 6.45) is -0.0654. The fourth-order valence-electron chi connectivity index (χ4n) is 2.54. The number of nitrogens with one attached hydrogen (secondary N) is 1. The summed E-state index contributed by atoms with van der Waals surface area (Å²) in [7, 11) is -3.64. The number of piperazine rings is 1. The number of hydrogen-bond acceptors (Lipinski definition) is 4. The molecule has 1 unspecified atom stereocenters. The highest BCUT2D eigenvalue weighted by atomic mass is 35.5. The highest BCUT2D eigenvalue weighted by Gasteiger charge is 2.30. The van der Waals surface area contributed by atoms with Crippen molar-refractivity contribution in [3.63, 3.8) is 0 Å². The fourth-order valence-corrected chi connectivity index (χ4v) is 3.88. The van der Waals surface area contributed by atoms with E-state index in [1.807, 2.05) is 6.92 Å². The predicted octanol–water partition coefficient (Wildman–Crippen LogP) is 1.62. The van der Waals surface area contributed by atoms with E-state index >= 15 is 0 Å². The van der Waals surface area contributed by atoms with Crippen molar-refractivity contribution < 1.29 is 17.6 Å². The zero-order valence-electron chi connectivity index (χ0n) is 13.2. The van der Waals surface area contributed by atoms with Crippen LogP contribution in [0.25, 0.3) is 0 Å². The lowest BCUT2D eigenvalue weighted by Crippen LogP contribution is -2.52. The van der Waals surface area contributed by atoms with Gasteiger partial charge in [-0.25, -0.2) is 12.8 Å². The molecule has 23 heavy (non-hydrogen) atoms. The molecule has 5 nitrogen and oxygen atoms in total. The van der Waals surface area contributed by atoms with Crippen molar-refractivity contribution >= 4 is 28.2 Å². The Balaban J connectivity index is 0.00000264. The molecule has 1 aliphatic rings. The third kappa shape index (κ3) is 4.65. The van der Waals surface area contributed by atoms with Crippen molar-refractivity contribution in [3.05, 3.63) is 30.1 Å². The van der Waals surface area contributed by atoms with E-state index in [1.165, 1.54) is 19.1 Å². The monoisotopic (exact) mass is 364 g/mol. The Hall–Kier alpha value is -1.18. The van der Waals surface area contributed by atoms with Crippen LogP contribution >= 0.6 is 12.4 Å². The van der Waals surface area contributed by atoms with Crippen molar-refractivity contribution in [2.75, 3.05) is 19.6 Å². The largest absolute Gasteiger partial charge is 0.337 e. The molecule has 1 aliphatic heterocycles. The highest BCUT2D eigenvalue weighted by molar-refractivity contribution is 7.92. The van der Waals surface area contributed by atoms with Gasteiger partial charge in [0.2, 0.25) is 5.91 Å². The van der Waals surface area contributed by atoms with Crippen molar-refractivity contribution in [3.8, 4) is 0 Å². The second-order valence-corrected chi connectivity index (χ2v) is 8.02. The van der Waals surface area contributed by atoms with E-state index < -0.39 is 20.9 Å². The lowest BCUT2D eigenvalue weighted by molar-refractivity contribution is -0.133. The van der Waals surface area contributed by atoms with Crippen LogP contribution in [0.5, 0.6) is 0 Å². The number of hydrogen-bond donors (Lipinski definition) is 1. The fraction of sp³-hybridized carbons (Fsp3) is 0.533. The number of halogens is 2. The molecule has 0 radical (unpaired) electrons. The number of sulfone groups is 1. The van der Waals surface area contributed by atoms with Crippen LogP contribution in [0.4, 0.5) is 4.39 Å². The molecule has 0 aromatic heterocycles. The molecule has 0 aliphatic carbocycles. The lowest BCUT2D eigenvalue weighted by atomic mass is 10.2. The van der Waals surface area contributed by atoms with Crippen LogP contribution in [0.15, 0.2) is 29.2 Å². The zero-order valence-corrected chi connectivity index (χ0v) is 14.8. The van der Waals surface area contributed by atoms with Gasteiger partial charge >= 0.3 is 0 Å². The topological polar surface area (TPSA) is 66.5 Å². The molecule has 130 valence electrons. The van der Waals surface area contributed by atoms with E-state index in [0.29, 0.717) is 13.1 Å². The van der Waals surface area contributed by atoms with Crippen LogP contribution in [-0.2, 0) is 14.6 Å². The Kier molecular flexibility index (Phi) is 6.98. The van der Waals surface area contributed by atoms with Gasteiger partial charge in [-0.3, -0.25) is 4.79 Å². The van der Waals surface area contributed by atoms with Gasteiger partial charge in [-0.15, -0.1) is 12.4 Å². The predicted molar refractivity (Wildman–Crippen MR) is 89.0 cm³/mol. The van der Waals surface area contributed by atoms with E-state index in [4.69, 9.17) is 0 Å². The summed E-state index contributed by atoms with van der Waals surface area (Å²) < 4.78 is 37.8. The summed E-state index contributed by atoms with van der Waals surface area (Å²) in [6.45, 7) is 5.47. The van der Waals surface area contributed by atoms with Gasteiger partial charge in [0.15, 0.2) is 9.84 Å². The van der Waals surface area contributed by atoms with Crippen molar-refractivity contribution in [1.82, 2.24) is 10.2 Å². The first-order valence-corrected chi connectivity index (χ1v) is 8.86. The number of nitrogens with zero attached hydrogens (tertiary/aromatic N) is 1. The maximum absolute atomic E-state index is 12.9. The SMILES string of the molecule is CC(CC(=O)N1CCNC[C@H]1C)S(=O)(=O)c1ccc(F)cc1.Cl. The van der Waals surface area contributed by atoms with Crippen LogP contribution in [0, 0.1) is 5.82 Å². The average molecular weight is 365 g/mol. The van der Waals surface area contributed by atoms with Crippen molar-refractivity contribution in [2.24, 2.45) is 0 Å². The molecule has 1 aromatic rings. The molecular weight excluding hydrogens is 343 g/mol. The van der Waals surface area contributed by atoms with Gasteiger partial charge < -0.3 is 10.2 Å². The van der Waals surface area contributed by atoms with E-state index in [2.05, 4.69) is 5.32 Å². The maximum Gasteiger partial charge on any atom is 0.224 e. The Morgan fingerprint density at radius 3 is 2.57 bits per heavy atom. The lowest BCUT2D eigenvalue weighted by Gasteiger charge is -2.34. The highest BCUT2D eigenvalue weighted by Crippen LogP contribution is 2.20. The van der Waals surface area contributed by atoms with E-state index in [1.54, 1.807) is 4.90 Å². The van der Waals surface area contributed by atoms with Gasteiger partial charge in [-0.2, -0.15) is 0 Å². The second kappa shape index (κ2) is 8.08. The Morgan fingerprint density at radius 2 is 2.00 bits per heavy atom. The number of rotatable bonds is 4. The minimum atomic E-state index is -3.64. The first-order valence-electron chi connectivity index (χ1n) is 7.32. The van der Waals surface area contributed by atoms with Crippen molar-refractivity contribution in [1.29, 1.82) is 0 Å². The smallest absolute Gasteiger partial charge is 0.224 e. The molecule has 8 heteroatoms. The molecule has 2 rings (SSSR count). The van der Waals surface area contributed by atoms with Gasteiger partial charge in [0.05, 0.1) is 10.1 Å². The first kappa shape index (κ1) is 19.9. The summed E-state index contributed by atoms with van der Waals surface area (Å²) >= 11 is 0. The second-order valence-electron chi connectivity index (χ2n) is 5.65. The molecular formula is C15H22ClFN2O3S. The van der Waals surface area contributed by atoms with Crippen LogP contribution in [0.1, 0.15) is 20.3 Å². The molecule has 0 spiro atoms. The Morgan fingerprint density at radius 1 is 1.39 bits per heavy atom. The number of amides is 1. The molecule has 1 N–H and O–H groups in total. The molecule has 1 saturated heterocycles. The number of carbonyl (C=O) groups excluding carboxylic acids is 1. The standard InChI is InChI=1S/C15H21FN2O3S.ClH/c1-11-10-17-7-8-18(11)15(19)9-12(2)22(20,21)14-5-3-13(16)4-6-14;/h3-6,11-12,17H,7-10H2,1-2H3;1H/t11-,12?;/m1./s1. The summed E-state index contributed by atoms with van der Waals surface area (Å²) in [5.41, 5.74) is 0. The Bertz CT molecular complexity index is 637. The van der Waals surface area contributed by atoms with Crippen LogP contribution in [-0.4, -0.2) is 50.2 Å². The van der Waals surface area contributed by atoms with Crippen LogP contribution < -0.4 is 5.32 Å². The summed E-state index contributed by atoms with van der Waals surface area (Å²) in [5.74, 6) is -0.649. The molecule has 1 fully saturated rings. The van der Waals surface area contributed by atoms with Gasteiger partial charge in [-0.1, -0.05) is 0 Å². The molecule has 0 bridgehead atoms. The van der Waals surface area contributed by atoms with E-state index in [9.17, 15) is 17.6 Å². The normalized spacial score (nSPS) is 19.8. The van der Waals surface area contributed by atoms with Gasteiger partial charge in [0.25, 0.3) is 0 Å². The average Bonchev–Trinajstić information content (AvgIpc) is 2.48. The molecule has 2 atom stereocenters. The Labute approximate surface area is 142 Å². The van der Waals surface area contributed by atoms with Crippen LogP contribution in [0.2, 0.25) is 0 Å². The van der Waals surface area contributed by atoms with E-state index in [0.717, 1.165) is 18.7 Å². The molecule has 1 heterocycles. The quantitative estimate of drug-likeness (QED) is 0.824. The summed E-state index contributed by atoms with van der Waals surface area (Å²) in [5, 5.41) is 2.35. The molecule has 1 amide bonds. The molecule has 0 saturated carbocycles. The van der Waals surface area contributed by atoms with Crippen molar-refractivity contribution in [2.45, 2.75) is 36.5 Å². The first-order chi connectivity index (χ1) is 10.3. The van der Waals surface area contributed by atoms with Gasteiger partial charge in [0, 0.05) is 32.1 Å². The summed E-state index contributed by atoms with van der Waals surface area (Å²) in [6, 6.07) is 4.75. The number of carbonyl (C=O) groups is 1. The third-order valence-electron chi connectivity index (χ3n) is 3.96. The van der Waals surface area contributed by atoms with Gasteiger partial charge in [-0.05, 0) is 38.1 Å². The number of benzene rings is 1. The summed E-state index contributed by atoms with van der Waals surface area (Å²) in [4.78, 5) is 14.1. The molecule has 1 aromatic carbocycles. The minimum absolute atomic E-state index is 0. The third-order valence-corrected chi connectivity index (χ3v) is 6.11. The van der Waals surface area contributed by atoms with E-state index in [-0.39, 0.29) is 35.7 Å². The van der Waals surface area contributed by atoms with Gasteiger partial charge in [0.1, 0.15) is 5.82 Å². The zero-order chi connectivity index (χ0) is 16.3. The maximum atomic E-state index is 12.9.